The lowest BCUT2D eigenvalue weighted by atomic mass is 10.0. The first-order chi connectivity index (χ1) is 15.8. The highest BCUT2D eigenvalue weighted by molar-refractivity contribution is 6.01. The summed E-state index contributed by atoms with van der Waals surface area (Å²) in [4.78, 5) is 35.0. The molecular weight excluding hydrogens is 430 g/mol. The van der Waals surface area contributed by atoms with Gasteiger partial charge in [-0.2, -0.15) is 5.01 Å². The summed E-state index contributed by atoms with van der Waals surface area (Å²) in [6.45, 7) is 2.51. The van der Waals surface area contributed by atoms with Crippen LogP contribution in [0.25, 0.3) is 10.8 Å². The summed E-state index contributed by atoms with van der Waals surface area (Å²) in [7, 11) is 1.29. The number of hydrogen-bond acceptors (Lipinski definition) is 8. The topological polar surface area (TPSA) is 121 Å². The van der Waals surface area contributed by atoms with Crippen molar-refractivity contribution in [3.63, 3.8) is 0 Å². The molecule has 0 saturated heterocycles. The minimum absolute atomic E-state index is 0.00485. The highest BCUT2D eigenvalue weighted by atomic mass is 16.6. The van der Waals surface area contributed by atoms with Gasteiger partial charge in [0.2, 0.25) is 18.0 Å². The quantitative estimate of drug-likeness (QED) is 0.250. The molecule has 3 aromatic rings. The van der Waals surface area contributed by atoms with Gasteiger partial charge in [-0.1, -0.05) is 42.5 Å². The number of esters is 1. The number of amides is 1. The lowest BCUT2D eigenvalue weighted by Crippen LogP contribution is -2.25. The Kier molecular flexibility index (Phi) is 5.65. The van der Waals surface area contributed by atoms with Crippen molar-refractivity contribution < 1.29 is 28.7 Å². The molecule has 1 amide bonds. The van der Waals surface area contributed by atoms with Gasteiger partial charge in [-0.15, -0.1) is 5.10 Å². The number of carbonyl (C=O) groups is 2. The molecule has 0 aromatic heterocycles. The zero-order valence-corrected chi connectivity index (χ0v) is 18.0. The SMILES string of the molecule is COc1cc([N+](=O)[O-])cc(C2=NN(C(C)=O)[C@@H](c3cccc4ccccc34)O2)c1OC(C)=O. The van der Waals surface area contributed by atoms with Gasteiger partial charge in [0.1, 0.15) is 0 Å². The van der Waals surface area contributed by atoms with Crippen molar-refractivity contribution in [3.8, 4) is 11.5 Å². The van der Waals surface area contributed by atoms with E-state index in [1.54, 1.807) is 0 Å². The Hall–Kier alpha value is -4.47. The van der Waals surface area contributed by atoms with Crippen molar-refractivity contribution in [2.24, 2.45) is 5.10 Å². The molecule has 0 saturated carbocycles. The Morgan fingerprint density at radius 3 is 2.52 bits per heavy atom. The van der Waals surface area contributed by atoms with Crippen LogP contribution in [-0.4, -0.2) is 34.8 Å². The normalized spacial score (nSPS) is 15.1. The number of hydrogen-bond donors (Lipinski definition) is 0. The summed E-state index contributed by atoms with van der Waals surface area (Å²) in [5.41, 5.74) is 0.353. The van der Waals surface area contributed by atoms with Gasteiger partial charge < -0.3 is 14.2 Å². The minimum atomic E-state index is -0.931. The maximum absolute atomic E-state index is 12.4. The lowest BCUT2D eigenvalue weighted by Gasteiger charge is -2.21. The van der Waals surface area contributed by atoms with Crippen molar-refractivity contribution in [1.82, 2.24) is 5.01 Å². The molecule has 0 fully saturated rings. The van der Waals surface area contributed by atoms with Gasteiger partial charge in [0, 0.05) is 25.5 Å². The first-order valence-electron chi connectivity index (χ1n) is 9.88. The fraction of sp³-hybridized carbons (Fsp3) is 0.174. The molecule has 0 spiro atoms. The molecule has 0 aliphatic carbocycles. The first kappa shape index (κ1) is 21.8. The maximum atomic E-state index is 12.4. The number of ether oxygens (including phenoxy) is 3. The lowest BCUT2D eigenvalue weighted by molar-refractivity contribution is -0.385. The molecule has 0 bridgehead atoms. The van der Waals surface area contributed by atoms with E-state index in [9.17, 15) is 19.7 Å². The maximum Gasteiger partial charge on any atom is 0.308 e. The largest absolute Gasteiger partial charge is 0.493 e. The molecule has 10 heteroatoms. The van der Waals surface area contributed by atoms with Crippen molar-refractivity contribution in [2.45, 2.75) is 20.1 Å². The molecule has 0 N–H and O–H groups in total. The second kappa shape index (κ2) is 8.58. The number of carbonyl (C=O) groups excluding carboxylic acids is 2. The van der Waals surface area contributed by atoms with E-state index in [0.717, 1.165) is 27.9 Å². The van der Waals surface area contributed by atoms with Gasteiger partial charge in [-0.25, -0.2) is 0 Å². The van der Waals surface area contributed by atoms with Crippen LogP contribution in [0.5, 0.6) is 11.5 Å². The van der Waals surface area contributed by atoms with Gasteiger partial charge in [-0.3, -0.25) is 19.7 Å². The van der Waals surface area contributed by atoms with E-state index >= 15 is 0 Å². The van der Waals surface area contributed by atoms with Crippen LogP contribution in [0.2, 0.25) is 0 Å². The number of nitro benzene ring substituents is 1. The highest BCUT2D eigenvalue weighted by Gasteiger charge is 2.37. The van der Waals surface area contributed by atoms with Gasteiger partial charge in [-0.05, 0) is 10.8 Å². The minimum Gasteiger partial charge on any atom is -0.493 e. The van der Waals surface area contributed by atoms with Gasteiger partial charge in [0.05, 0.1) is 23.7 Å². The second-order valence-electron chi connectivity index (χ2n) is 7.18. The molecule has 1 heterocycles. The Labute approximate surface area is 188 Å². The number of fused-ring (bicyclic) bond motifs is 1. The molecule has 1 aliphatic rings. The highest BCUT2D eigenvalue weighted by Crippen LogP contribution is 2.40. The average Bonchev–Trinajstić information content (AvgIpc) is 3.23. The summed E-state index contributed by atoms with van der Waals surface area (Å²) in [6, 6.07) is 15.4. The summed E-state index contributed by atoms with van der Waals surface area (Å²) < 4.78 is 16.5. The van der Waals surface area contributed by atoms with E-state index in [-0.39, 0.29) is 28.6 Å². The van der Waals surface area contributed by atoms with Crippen molar-refractivity contribution in [3.05, 3.63) is 75.8 Å². The number of benzene rings is 3. The number of methoxy groups -OCH3 is 1. The van der Waals surface area contributed by atoms with Crippen LogP contribution in [0.4, 0.5) is 5.69 Å². The Morgan fingerprint density at radius 1 is 1.12 bits per heavy atom. The Morgan fingerprint density at radius 2 is 1.85 bits per heavy atom. The molecule has 1 aliphatic heterocycles. The van der Waals surface area contributed by atoms with E-state index in [1.165, 1.54) is 21.0 Å². The monoisotopic (exact) mass is 449 g/mol. The second-order valence-corrected chi connectivity index (χ2v) is 7.18. The van der Waals surface area contributed by atoms with Crippen LogP contribution in [0, 0.1) is 10.1 Å². The molecule has 33 heavy (non-hydrogen) atoms. The predicted octanol–water partition coefficient (Wildman–Crippen LogP) is 3.92. The van der Waals surface area contributed by atoms with E-state index in [2.05, 4.69) is 5.10 Å². The Bertz CT molecular complexity index is 1310. The van der Waals surface area contributed by atoms with Crippen LogP contribution in [0.15, 0.2) is 59.7 Å². The Balaban J connectivity index is 1.87. The smallest absolute Gasteiger partial charge is 0.308 e. The molecule has 3 aromatic carbocycles. The molecule has 168 valence electrons. The average molecular weight is 449 g/mol. The van der Waals surface area contributed by atoms with Crippen molar-refractivity contribution in [1.29, 1.82) is 0 Å². The summed E-state index contributed by atoms with van der Waals surface area (Å²) in [5.74, 6) is -1.35. The zero-order valence-electron chi connectivity index (χ0n) is 18.0. The number of hydrazone groups is 1. The molecule has 10 nitrogen and oxygen atoms in total. The number of nitro groups is 1. The van der Waals surface area contributed by atoms with E-state index < -0.39 is 23.0 Å². The standard InChI is InChI=1S/C23H19N3O7/c1-13(27)25-23(18-10-6-8-15-7-4-5-9-17(15)18)33-22(24-25)19-11-16(26(29)30)12-20(31-3)21(19)32-14(2)28/h4-12,23H,1-3H3/t23-/m1/s1. The van der Waals surface area contributed by atoms with Crippen molar-refractivity contribution >= 4 is 34.2 Å². The van der Waals surface area contributed by atoms with Crippen LogP contribution >= 0.6 is 0 Å². The zero-order chi connectivity index (χ0) is 23.7. The fourth-order valence-corrected chi connectivity index (χ4v) is 3.60. The van der Waals surface area contributed by atoms with Crippen LogP contribution in [-0.2, 0) is 14.3 Å². The predicted molar refractivity (Wildman–Crippen MR) is 118 cm³/mol. The van der Waals surface area contributed by atoms with E-state index in [4.69, 9.17) is 14.2 Å². The van der Waals surface area contributed by atoms with Gasteiger partial charge in [0.25, 0.3) is 5.69 Å². The molecular formula is C23H19N3O7. The number of nitrogens with zero attached hydrogens (tertiary/aromatic N) is 3. The summed E-state index contributed by atoms with van der Waals surface area (Å²) in [5, 5.41) is 18.7. The molecule has 0 radical (unpaired) electrons. The summed E-state index contributed by atoms with van der Waals surface area (Å²) in [6.07, 6.45) is -0.931. The number of non-ortho nitro benzene ring substituents is 1. The molecule has 4 rings (SSSR count). The van der Waals surface area contributed by atoms with Crippen LogP contribution < -0.4 is 9.47 Å². The first-order valence-corrected chi connectivity index (χ1v) is 9.88. The van der Waals surface area contributed by atoms with Gasteiger partial charge in [0.15, 0.2) is 11.5 Å². The third-order valence-electron chi connectivity index (χ3n) is 5.00. The van der Waals surface area contributed by atoms with Crippen molar-refractivity contribution in [2.75, 3.05) is 7.11 Å². The van der Waals surface area contributed by atoms with E-state index in [0.29, 0.717) is 5.56 Å². The fourth-order valence-electron chi connectivity index (χ4n) is 3.60. The van der Waals surface area contributed by atoms with Crippen LogP contribution in [0.1, 0.15) is 31.2 Å². The van der Waals surface area contributed by atoms with Crippen LogP contribution in [0.3, 0.4) is 0 Å². The van der Waals surface area contributed by atoms with Gasteiger partial charge >= 0.3 is 5.97 Å². The molecule has 1 atom stereocenters. The number of rotatable bonds is 5. The third-order valence-corrected chi connectivity index (χ3v) is 5.00. The third kappa shape index (κ3) is 4.05. The summed E-state index contributed by atoms with van der Waals surface area (Å²) >= 11 is 0. The molecule has 0 unspecified atom stereocenters. The van der Waals surface area contributed by atoms with E-state index in [1.807, 2.05) is 42.5 Å².